The van der Waals surface area contributed by atoms with E-state index < -0.39 is 18.5 Å². The number of hydrogen-bond acceptors (Lipinski definition) is 4. The van der Waals surface area contributed by atoms with Crippen molar-refractivity contribution in [3.63, 3.8) is 0 Å². The third-order valence-electron chi connectivity index (χ3n) is 3.92. The third-order valence-corrected chi connectivity index (χ3v) is 6.15. The largest absolute Gasteiger partial charge is 0.450 e. The van der Waals surface area contributed by atoms with Gasteiger partial charge in [0.2, 0.25) is 0 Å². The SMILES string of the molecule is C=C(C)C(=O)OCC(=O)Oc1ccc([S+](c2ccccc2)c2ccccc2)cc1. The fourth-order valence-corrected chi connectivity index (χ4v) is 4.66. The van der Waals surface area contributed by atoms with Crippen LogP contribution in [0, 0.1) is 0 Å². The van der Waals surface area contributed by atoms with E-state index in [0.29, 0.717) is 5.75 Å². The molecular weight excluding hydrogens is 384 g/mol. The van der Waals surface area contributed by atoms with Crippen LogP contribution in [0.4, 0.5) is 0 Å². The van der Waals surface area contributed by atoms with Gasteiger partial charge in [0.05, 0.1) is 10.9 Å². The van der Waals surface area contributed by atoms with Crippen LogP contribution in [0.5, 0.6) is 5.75 Å². The maximum atomic E-state index is 11.9. The first-order valence-corrected chi connectivity index (χ1v) is 10.2. The quantitative estimate of drug-likeness (QED) is 0.245. The molecule has 0 aliphatic rings. The molecule has 0 radical (unpaired) electrons. The molecule has 4 nitrogen and oxygen atoms in total. The van der Waals surface area contributed by atoms with Crippen LogP contribution in [-0.2, 0) is 25.2 Å². The molecule has 0 unspecified atom stereocenters. The molecular formula is C24H21O4S+. The average molecular weight is 405 g/mol. The van der Waals surface area contributed by atoms with Gasteiger partial charge in [0.1, 0.15) is 5.75 Å². The van der Waals surface area contributed by atoms with Crippen LogP contribution in [0.25, 0.3) is 0 Å². The van der Waals surface area contributed by atoms with Crippen molar-refractivity contribution in [1.82, 2.24) is 0 Å². The summed E-state index contributed by atoms with van der Waals surface area (Å²) in [4.78, 5) is 26.7. The zero-order valence-electron chi connectivity index (χ0n) is 16.0. The third kappa shape index (κ3) is 5.59. The first-order valence-electron chi connectivity index (χ1n) is 9.02. The van der Waals surface area contributed by atoms with E-state index in [0.717, 1.165) is 4.90 Å². The molecule has 0 fully saturated rings. The Balaban J connectivity index is 1.75. The second-order valence-corrected chi connectivity index (χ2v) is 8.26. The Morgan fingerprint density at radius 2 is 1.28 bits per heavy atom. The fraction of sp³-hybridized carbons (Fsp3) is 0.0833. The molecule has 3 aromatic rings. The Labute approximate surface area is 173 Å². The highest BCUT2D eigenvalue weighted by molar-refractivity contribution is 7.97. The van der Waals surface area contributed by atoms with Crippen LogP contribution in [0.2, 0.25) is 0 Å². The van der Waals surface area contributed by atoms with Crippen molar-refractivity contribution >= 4 is 22.8 Å². The van der Waals surface area contributed by atoms with E-state index in [1.807, 2.05) is 48.5 Å². The molecule has 3 aromatic carbocycles. The predicted octanol–water partition coefficient (Wildman–Crippen LogP) is 4.81. The van der Waals surface area contributed by atoms with Crippen molar-refractivity contribution in [3.05, 3.63) is 97.1 Å². The number of carbonyl (C=O) groups is 2. The molecule has 0 saturated heterocycles. The molecule has 146 valence electrons. The molecule has 29 heavy (non-hydrogen) atoms. The minimum atomic E-state index is -0.641. The standard InChI is InChI=1S/C24H21O4S/c1-18(2)24(26)27-17-23(25)28-19-13-15-22(16-14-19)29(20-9-5-3-6-10-20)21-11-7-4-8-12-21/h3-16H,1,17H2,2H3/q+1. The number of carbonyl (C=O) groups excluding carboxylic acids is 2. The molecule has 0 atom stereocenters. The van der Waals surface area contributed by atoms with Gasteiger partial charge in [-0.05, 0) is 55.5 Å². The lowest BCUT2D eigenvalue weighted by molar-refractivity contribution is -0.150. The van der Waals surface area contributed by atoms with Crippen molar-refractivity contribution in [3.8, 4) is 5.75 Å². The minimum absolute atomic E-state index is 0.232. The van der Waals surface area contributed by atoms with Crippen molar-refractivity contribution in [2.24, 2.45) is 0 Å². The van der Waals surface area contributed by atoms with Crippen LogP contribution in [-0.4, -0.2) is 18.5 Å². The highest BCUT2D eigenvalue weighted by Crippen LogP contribution is 2.31. The second-order valence-electron chi connectivity index (χ2n) is 6.23. The molecule has 0 amide bonds. The van der Waals surface area contributed by atoms with Gasteiger partial charge in [0, 0.05) is 5.57 Å². The van der Waals surface area contributed by atoms with E-state index in [1.54, 1.807) is 12.1 Å². The maximum absolute atomic E-state index is 11.9. The van der Waals surface area contributed by atoms with Gasteiger partial charge in [-0.25, -0.2) is 9.59 Å². The second kappa shape index (κ2) is 9.75. The average Bonchev–Trinajstić information content (AvgIpc) is 2.75. The molecule has 0 aliphatic heterocycles. The topological polar surface area (TPSA) is 52.6 Å². The number of esters is 2. The smallest absolute Gasteiger partial charge is 0.349 e. The zero-order valence-corrected chi connectivity index (χ0v) is 16.9. The summed E-state index contributed by atoms with van der Waals surface area (Å²) in [6.45, 7) is 4.53. The van der Waals surface area contributed by atoms with Gasteiger partial charge in [-0.2, -0.15) is 0 Å². The molecule has 0 N–H and O–H groups in total. The van der Waals surface area contributed by atoms with Crippen LogP contribution in [0.15, 0.2) is 112 Å². The van der Waals surface area contributed by atoms with Crippen LogP contribution < -0.4 is 4.74 Å². The summed E-state index contributed by atoms with van der Waals surface area (Å²) in [5, 5.41) is 0. The predicted molar refractivity (Wildman–Crippen MR) is 113 cm³/mol. The van der Waals surface area contributed by atoms with Crippen LogP contribution >= 0.6 is 0 Å². The van der Waals surface area contributed by atoms with E-state index in [-0.39, 0.29) is 16.5 Å². The molecule has 0 bridgehead atoms. The summed E-state index contributed by atoms with van der Waals surface area (Å²) in [6, 6.07) is 28.0. The van der Waals surface area contributed by atoms with Gasteiger partial charge >= 0.3 is 11.9 Å². The van der Waals surface area contributed by atoms with Gasteiger partial charge in [-0.1, -0.05) is 43.0 Å². The highest BCUT2D eigenvalue weighted by atomic mass is 32.2. The normalized spacial score (nSPS) is 10.4. The van der Waals surface area contributed by atoms with E-state index in [1.165, 1.54) is 16.7 Å². The molecule has 0 spiro atoms. The van der Waals surface area contributed by atoms with Gasteiger partial charge in [-0.3, -0.25) is 0 Å². The Hall–Kier alpha value is -3.31. The van der Waals surface area contributed by atoms with Gasteiger partial charge in [-0.15, -0.1) is 0 Å². The van der Waals surface area contributed by atoms with Crippen molar-refractivity contribution < 1.29 is 19.1 Å². The van der Waals surface area contributed by atoms with E-state index in [2.05, 4.69) is 30.8 Å². The molecule has 0 aliphatic carbocycles. The van der Waals surface area contributed by atoms with Gasteiger partial charge in [0.15, 0.2) is 21.3 Å². The highest BCUT2D eigenvalue weighted by Gasteiger charge is 2.28. The van der Waals surface area contributed by atoms with Crippen molar-refractivity contribution in [2.75, 3.05) is 6.61 Å². The summed E-state index contributed by atoms with van der Waals surface area (Å²) in [6.07, 6.45) is 0. The summed E-state index contributed by atoms with van der Waals surface area (Å²) in [5.41, 5.74) is 0.232. The Kier molecular flexibility index (Phi) is 6.87. The monoisotopic (exact) mass is 405 g/mol. The zero-order chi connectivity index (χ0) is 20.6. The lowest BCUT2D eigenvalue weighted by Crippen LogP contribution is -2.19. The Bertz CT molecular complexity index is 943. The first-order chi connectivity index (χ1) is 14.0. The van der Waals surface area contributed by atoms with Crippen molar-refractivity contribution in [1.29, 1.82) is 0 Å². The van der Waals surface area contributed by atoms with E-state index in [4.69, 9.17) is 9.47 Å². The number of benzene rings is 3. The molecule has 0 aromatic heterocycles. The Morgan fingerprint density at radius 3 is 1.76 bits per heavy atom. The molecule has 5 heteroatoms. The lowest BCUT2D eigenvalue weighted by Gasteiger charge is -2.09. The van der Waals surface area contributed by atoms with E-state index in [9.17, 15) is 9.59 Å². The van der Waals surface area contributed by atoms with Crippen LogP contribution in [0.3, 0.4) is 0 Å². The summed E-state index contributed by atoms with van der Waals surface area (Å²) < 4.78 is 10.1. The number of rotatable bonds is 7. The molecule has 0 heterocycles. The van der Waals surface area contributed by atoms with Crippen LogP contribution in [0.1, 0.15) is 6.92 Å². The van der Waals surface area contributed by atoms with Crippen molar-refractivity contribution in [2.45, 2.75) is 21.6 Å². The molecule has 0 saturated carbocycles. The Morgan fingerprint density at radius 1 is 0.793 bits per heavy atom. The summed E-state index contributed by atoms with van der Waals surface area (Å²) in [7, 11) is -0.270. The van der Waals surface area contributed by atoms with E-state index >= 15 is 0 Å². The molecule has 3 rings (SSSR count). The number of ether oxygens (including phenoxy) is 2. The fourth-order valence-electron chi connectivity index (χ4n) is 2.57. The summed E-state index contributed by atoms with van der Waals surface area (Å²) >= 11 is 0. The maximum Gasteiger partial charge on any atom is 0.349 e. The lowest BCUT2D eigenvalue weighted by atomic mass is 10.3. The minimum Gasteiger partial charge on any atom is -0.450 e. The summed E-state index contributed by atoms with van der Waals surface area (Å²) in [5.74, 6) is -0.862. The van der Waals surface area contributed by atoms with Gasteiger partial charge < -0.3 is 9.47 Å². The van der Waals surface area contributed by atoms with Gasteiger partial charge in [0.25, 0.3) is 0 Å². The first kappa shape index (κ1) is 20.4. The number of hydrogen-bond donors (Lipinski definition) is 0.